The van der Waals surface area contributed by atoms with Crippen molar-refractivity contribution in [1.82, 2.24) is 0 Å². The average molecular weight is 215 g/mol. The van der Waals surface area contributed by atoms with Crippen LogP contribution in [0.15, 0.2) is 18.2 Å². The molecule has 0 aliphatic carbocycles. The average Bonchev–Trinajstić information content (AvgIpc) is 2.23. The quantitative estimate of drug-likeness (QED) is 0.780. The topological polar surface area (TPSA) is 38.3 Å². The van der Waals surface area contributed by atoms with Crippen molar-refractivity contribution in [3.63, 3.8) is 0 Å². The molecule has 0 saturated heterocycles. The summed E-state index contributed by atoms with van der Waals surface area (Å²) in [7, 11) is 1.29. The number of hydrogen-bond donors (Lipinski definition) is 1. The molecule has 5 heteroatoms. The van der Waals surface area contributed by atoms with E-state index in [0.717, 1.165) is 12.1 Å². The van der Waals surface area contributed by atoms with Crippen LogP contribution in [0.4, 0.5) is 14.5 Å². The standard InChI is InChI=1S/C10H11F2NO2/c1-15-10(14)4-5-13-7-2-3-8(11)9(12)6-7/h2-3,6,13H,4-5H2,1H3. The van der Waals surface area contributed by atoms with E-state index in [1.165, 1.54) is 13.2 Å². The molecule has 0 unspecified atom stereocenters. The second-order valence-electron chi connectivity index (χ2n) is 2.88. The molecular weight excluding hydrogens is 204 g/mol. The van der Waals surface area contributed by atoms with Gasteiger partial charge in [-0.15, -0.1) is 0 Å². The molecule has 1 N–H and O–H groups in total. The fourth-order valence-corrected chi connectivity index (χ4v) is 1.02. The number of benzene rings is 1. The molecule has 1 aromatic carbocycles. The van der Waals surface area contributed by atoms with Gasteiger partial charge in [0.2, 0.25) is 0 Å². The lowest BCUT2D eigenvalue weighted by molar-refractivity contribution is -0.140. The Bertz CT molecular complexity index is 355. The van der Waals surface area contributed by atoms with Crippen LogP contribution in [0.3, 0.4) is 0 Å². The Hall–Kier alpha value is -1.65. The molecule has 1 rings (SSSR count). The van der Waals surface area contributed by atoms with Gasteiger partial charge >= 0.3 is 5.97 Å². The fraction of sp³-hybridized carbons (Fsp3) is 0.300. The Kier molecular flexibility index (Phi) is 4.03. The molecule has 1 aromatic rings. The Morgan fingerprint density at radius 3 is 2.73 bits per heavy atom. The van der Waals surface area contributed by atoms with E-state index < -0.39 is 11.6 Å². The SMILES string of the molecule is COC(=O)CCNc1ccc(F)c(F)c1. The number of methoxy groups -OCH3 is 1. The van der Waals surface area contributed by atoms with Gasteiger partial charge in [-0.2, -0.15) is 0 Å². The zero-order valence-corrected chi connectivity index (χ0v) is 8.22. The lowest BCUT2D eigenvalue weighted by Crippen LogP contribution is -2.09. The molecule has 0 aliphatic rings. The number of carbonyl (C=O) groups excluding carboxylic acids is 1. The highest BCUT2D eigenvalue weighted by Gasteiger charge is 2.03. The summed E-state index contributed by atoms with van der Waals surface area (Å²) in [6.07, 6.45) is 0.176. The van der Waals surface area contributed by atoms with Crippen LogP contribution < -0.4 is 5.32 Å². The van der Waals surface area contributed by atoms with Crippen molar-refractivity contribution in [3.05, 3.63) is 29.8 Å². The largest absolute Gasteiger partial charge is 0.469 e. The molecule has 0 aromatic heterocycles. The maximum absolute atomic E-state index is 12.7. The summed E-state index contributed by atoms with van der Waals surface area (Å²) in [5.74, 6) is -2.17. The predicted octanol–water partition coefficient (Wildman–Crippen LogP) is 1.94. The Morgan fingerprint density at radius 1 is 1.40 bits per heavy atom. The number of carbonyl (C=O) groups is 1. The first-order valence-electron chi connectivity index (χ1n) is 4.39. The van der Waals surface area contributed by atoms with Crippen molar-refractivity contribution in [2.24, 2.45) is 0 Å². The van der Waals surface area contributed by atoms with Crippen molar-refractivity contribution < 1.29 is 18.3 Å². The molecule has 0 atom stereocenters. The molecule has 0 aliphatic heterocycles. The fourth-order valence-electron chi connectivity index (χ4n) is 1.02. The summed E-state index contributed by atoms with van der Waals surface area (Å²) in [6, 6.07) is 3.46. The van der Waals surface area contributed by atoms with Crippen LogP contribution in [0.25, 0.3) is 0 Å². The van der Waals surface area contributed by atoms with Gasteiger partial charge < -0.3 is 10.1 Å². The first kappa shape index (κ1) is 11.4. The minimum Gasteiger partial charge on any atom is -0.469 e. The first-order chi connectivity index (χ1) is 7.13. The van der Waals surface area contributed by atoms with Crippen LogP contribution in [0.5, 0.6) is 0 Å². The Labute approximate surface area is 86.0 Å². The van der Waals surface area contributed by atoms with E-state index in [9.17, 15) is 13.6 Å². The van der Waals surface area contributed by atoms with Crippen molar-refractivity contribution >= 4 is 11.7 Å². The van der Waals surface area contributed by atoms with E-state index in [1.807, 2.05) is 0 Å². The molecular formula is C10H11F2NO2. The van der Waals surface area contributed by atoms with E-state index in [1.54, 1.807) is 0 Å². The van der Waals surface area contributed by atoms with Crippen molar-refractivity contribution in [1.29, 1.82) is 0 Å². The minimum absolute atomic E-state index is 0.176. The highest BCUT2D eigenvalue weighted by atomic mass is 19.2. The second-order valence-corrected chi connectivity index (χ2v) is 2.88. The van der Waals surface area contributed by atoms with E-state index in [4.69, 9.17) is 0 Å². The normalized spacial score (nSPS) is 9.80. The third-order valence-corrected chi connectivity index (χ3v) is 1.81. The van der Waals surface area contributed by atoms with Crippen molar-refractivity contribution in [3.8, 4) is 0 Å². The van der Waals surface area contributed by atoms with Crippen LogP contribution in [-0.2, 0) is 9.53 Å². The third-order valence-electron chi connectivity index (χ3n) is 1.81. The van der Waals surface area contributed by atoms with Crippen LogP contribution in [-0.4, -0.2) is 19.6 Å². The van der Waals surface area contributed by atoms with Crippen LogP contribution >= 0.6 is 0 Å². The number of hydrogen-bond acceptors (Lipinski definition) is 3. The Balaban J connectivity index is 2.44. The summed E-state index contributed by atoms with van der Waals surface area (Å²) >= 11 is 0. The predicted molar refractivity (Wildman–Crippen MR) is 51.5 cm³/mol. The van der Waals surface area contributed by atoms with Crippen molar-refractivity contribution in [2.45, 2.75) is 6.42 Å². The number of nitrogens with one attached hydrogen (secondary N) is 1. The molecule has 0 saturated carbocycles. The molecule has 0 radical (unpaired) electrons. The summed E-state index contributed by atoms with van der Waals surface area (Å²) in [5.41, 5.74) is 0.429. The maximum atomic E-state index is 12.7. The molecule has 82 valence electrons. The molecule has 3 nitrogen and oxygen atoms in total. The van der Waals surface area contributed by atoms with Gasteiger partial charge in [0, 0.05) is 12.2 Å². The van der Waals surface area contributed by atoms with E-state index >= 15 is 0 Å². The van der Waals surface area contributed by atoms with Gasteiger partial charge in [0.25, 0.3) is 0 Å². The number of esters is 1. The zero-order chi connectivity index (χ0) is 11.3. The lowest BCUT2D eigenvalue weighted by atomic mass is 10.3. The van der Waals surface area contributed by atoms with Gasteiger partial charge in [0.1, 0.15) is 0 Å². The molecule has 0 spiro atoms. The van der Waals surface area contributed by atoms with Crippen LogP contribution in [0.1, 0.15) is 6.42 Å². The Morgan fingerprint density at radius 2 is 2.13 bits per heavy atom. The lowest BCUT2D eigenvalue weighted by Gasteiger charge is -2.05. The molecule has 0 amide bonds. The summed E-state index contributed by atoms with van der Waals surface area (Å²) < 4.78 is 29.7. The van der Waals surface area contributed by atoms with Gasteiger partial charge in [-0.05, 0) is 18.2 Å². The minimum atomic E-state index is -0.918. The van der Waals surface area contributed by atoms with Gasteiger partial charge in [0.15, 0.2) is 11.6 Å². The van der Waals surface area contributed by atoms with Gasteiger partial charge in [0.05, 0.1) is 13.5 Å². The number of anilines is 1. The van der Waals surface area contributed by atoms with Gasteiger partial charge in [-0.3, -0.25) is 4.79 Å². The third kappa shape index (κ3) is 3.53. The number of ether oxygens (including phenoxy) is 1. The van der Waals surface area contributed by atoms with E-state index in [0.29, 0.717) is 12.2 Å². The highest BCUT2D eigenvalue weighted by Crippen LogP contribution is 2.12. The van der Waals surface area contributed by atoms with E-state index in [-0.39, 0.29) is 12.4 Å². The number of rotatable bonds is 4. The molecule has 0 bridgehead atoms. The highest BCUT2D eigenvalue weighted by molar-refractivity contribution is 5.69. The van der Waals surface area contributed by atoms with Gasteiger partial charge in [-0.1, -0.05) is 0 Å². The summed E-state index contributed by atoms with van der Waals surface area (Å²) in [4.78, 5) is 10.7. The second kappa shape index (κ2) is 5.29. The first-order valence-corrected chi connectivity index (χ1v) is 4.39. The smallest absolute Gasteiger partial charge is 0.307 e. The van der Waals surface area contributed by atoms with Crippen LogP contribution in [0.2, 0.25) is 0 Å². The monoisotopic (exact) mass is 215 g/mol. The van der Waals surface area contributed by atoms with Crippen molar-refractivity contribution in [2.75, 3.05) is 19.0 Å². The summed E-state index contributed by atoms with van der Waals surface area (Å²) in [5, 5.41) is 2.77. The molecule has 0 fully saturated rings. The van der Waals surface area contributed by atoms with E-state index in [2.05, 4.69) is 10.1 Å². The summed E-state index contributed by atoms with van der Waals surface area (Å²) in [6.45, 7) is 0.317. The van der Waals surface area contributed by atoms with Gasteiger partial charge in [-0.25, -0.2) is 8.78 Å². The molecule has 0 heterocycles. The molecule has 15 heavy (non-hydrogen) atoms. The van der Waals surface area contributed by atoms with Crippen LogP contribution in [0, 0.1) is 11.6 Å². The number of halogens is 2. The zero-order valence-electron chi connectivity index (χ0n) is 8.22. The maximum Gasteiger partial charge on any atom is 0.307 e.